The molecule has 106 valence electrons. The van der Waals surface area contributed by atoms with E-state index in [0.29, 0.717) is 10.9 Å². The number of nitrogens with one attached hydrogen (secondary N) is 1. The monoisotopic (exact) mass is 275 g/mol. The van der Waals surface area contributed by atoms with E-state index in [1.165, 1.54) is 12.1 Å². The lowest BCUT2D eigenvalue weighted by molar-refractivity contribution is -0.384. The summed E-state index contributed by atoms with van der Waals surface area (Å²) in [4.78, 5) is 14.8. The van der Waals surface area contributed by atoms with E-state index in [1.54, 1.807) is 6.07 Å². The Morgan fingerprint density at radius 1 is 1.45 bits per heavy atom. The minimum absolute atomic E-state index is 0.00822. The van der Waals surface area contributed by atoms with Crippen LogP contribution in [-0.2, 0) is 0 Å². The number of hydrogen-bond acceptors (Lipinski definition) is 5. The number of nitro benzene ring substituents is 1. The second kappa shape index (κ2) is 5.83. The Balaban J connectivity index is 2.55. The lowest BCUT2D eigenvalue weighted by atomic mass is 10.1. The molecule has 6 heteroatoms. The van der Waals surface area contributed by atoms with Gasteiger partial charge >= 0.3 is 0 Å². The molecule has 20 heavy (non-hydrogen) atoms. The maximum atomic E-state index is 10.9. The molecule has 1 atom stereocenters. The molecule has 2 aromatic rings. The first-order valence-electron chi connectivity index (χ1n) is 6.48. The van der Waals surface area contributed by atoms with Crippen molar-refractivity contribution in [3.63, 3.8) is 0 Å². The SMILES string of the molecule is CCC(CO)Nc1cc(C)nc2ccc([N+](=O)[O-])cc12. The molecule has 2 N–H and O–H groups in total. The molecule has 1 aromatic carbocycles. The molecule has 2 rings (SSSR count). The second-order valence-electron chi connectivity index (χ2n) is 4.70. The number of fused-ring (bicyclic) bond motifs is 1. The molecule has 1 unspecified atom stereocenters. The topological polar surface area (TPSA) is 88.3 Å². The Bertz CT molecular complexity index is 639. The zero-order valence-corrected chi connectivity index (χ0v) is 11.5. The summed E-state index contributed by atoms with van der Waals surface area (Å²) in [5.74, 6) is 0. The lowest BCUT2D eigenvalue weighted by Crippen LogP contribution is -2.22. The zero-order valence-electron chi connectivity index (χ0n) is 11.5. The van der Waals surface area contributed by atoms with Crippen molar-refractivity contribution >= 4 is 22.3 Å². The Morgan fingerprint density at radius 3 is 2.80 bits per heavy atom. The van der Waals surface area contributed by atoms with E-state index in [9.17, 15) is 15.2 Å². The maximum Gasteiger partial charge on any atom is 0.270 e. The number of aromatic nitrogens is 1. The quantitative estimate of drug-likeness (QED) is 0.647. The number of benzene rings is 1. The van der Waals surface area contributed by atoms with Crippen molar-refractivity contribution in [1.29, 1.82) is 0 Å². The highest BCUT2D eigenvalue weighted by Crippen LogP contribution is 2.27. The van der Waals surface area contributed by atoms with Crippen LogP contribution in [-0.4, -0.2) is 27.7 Å². The number of nitrogens with zero attached hydrogens (tertiary/aromatic N) is 2. The zero-order chi connectivity index (χ0) is 14.7. The first-order chi connectivity index (χ1) is 9.55. The van der Waals surface area contributed by atoms with Gasteiger partial charge in [0.1, 0.15) is 0 Å². The fraction of sp³-hybridized carbons (Fsp3) is 0.357. The van der Waals surface area contributed by atoms with Crippen LogP contribution < -0.4 is 5.32 Å². The summed E-state index contributed by atoms with van der Waals surface area (Å²) in [6, 6.07) is 6.35. The molecule has 6 nitrogen and oxygen atoms in total. The molecule has 0 aliphatic rings. The Labute approximate surface area is 116 Å². The number of aliphatic hydroxyl groups is 1. The summed E-state index contributed by atoms with van der Waals surface area (Å²) >= 11 is 0. The third-order valence-corrected chi connectivity index (χ3v) is 3.20. The predicted octanol–water partition coefficient (Wildman–Crippen LogP) is 2.63. The number of aryl methyl sites for hydroxylation is 1. The van der Waals surface area contributed by atoms with Crippen LogP contribution in [0.25, 0.3) is 10.9 Å². The second-order valence-corrected chi connectivity index (χ2v) is 4.70. The van der Waals surface area contributed by atoms with Crippen molar-refractivity contribution in [3.05, 3.63) is 40.1 Å². The van der Waals surface area contributed by atoms with Crippen molar-refractivity contribution in [1.82, 2.24) is 4.98 Å². The molecular weight excluding hydrogens is 258 g/mol. The molecule has 0 amide bonds. The van der Waals surface area contributed by atoms with Gasteiger partial charge in [-0.05, 0) is 25.5 Å². The van der Waals surface area contributed by atoms with E-state index in [2.05, 4.69) is 10.3 Å². The van der Waals surface area contributed by atoms with Crippen LogP contribution in [0.4, 0.5) is 11.4 Å². The summed E-state index contributed by atoms with van der Waals surface area (Å²) in [5, 5.41) is 24.1. The Kier molecular flexibility index (Phi) is 4.14. The molecule has 0 aliphatic heterocycles. The van der Waals surface area contributed by atoms with Crippen LogP contribution in [0.15, 0.2) is 24.3 Å². The lowest BCUT2D eigenvalue weighted by Gasteiger charge is -2.17. The number of pyridine rings is 1. The van der Waals surface area contributed by atoms with E-state index in [1.807, 2.05) is 19.9 Å². The summed E-state index contributed by atoms with van der Waals surface area (Å²) < 4.78 is 0. The number of anilines is 1. The van der Waals surface area contributed by atoms with Crippen LogP contribution >= 0.6 is 0 Å². The minimum Gasteiger partial charge on any atom is -0.394 e. The molecule has 0 fully saturated rings. The molecule has 0 saturated carbocycles. The van der Waals surface area contributed by atoms with Crippen molar-refractivity contribution < 1.29 is 10.0 Å². The third kappa shape index (κ3) is 2.85. The van der Waals surface area contributed by atoms with Crippen LogP contribution in [0.3, 0.4) is 0 Å². The van der Waals surface area contributed by atoms with Crippen LogP contribution in [0, 0.1) is 17.0 Å². The molecule has 1 aromatic heterocycles. The van der Waals surface area contributed by atoms with E-state index >= 15 is 0 Å². The fourth-order valence-electron chi connectivity index (χ4n) is 2.08. The first-order valence-corrected chi connectivity index (χ1v) is 6.48. The van der Waals surface area contributed by atoms with Crippen molar-refractivity contribution in [2.75, 3.05) is 11.9 Å². The summed E-state index contributed by atoms with van der Waals surface area (Å²) in [5.41, 5.74) is 2.31. The number of nitro groups is 1. The highest BCUT2D eigenvalue weighted by Gasteiger charge is 2.13. The van der Waals surface area contributed by atoms with Gasteiger partial charge in [-0.3, -0.25) is 15.1 Å². The van der Waals surface area contributed by atoms with Crippen molar-refractivity contribution in [2.45, 2.75) is 26.3 Å². The average Bonchev–Trinajstić information content (AvgIpc) is 2.43. The van der Waals surface area contributed by atoms with Crippen molar-refractivity contribution in [2.24, 2.45) is 0 Å². The van der Waals surface area contributed by atoms with Gasteiger partial charge < -0.3 is 10.4 Å². The van der Waals surface area contributed by atoms with Gasteiger partial charge in [-0.2, -0.15) is 0 Å². The third-order valence-electron chi connectivity index (χ3n) is 3.20. The normalized spacial score (nSPS) is 12.3. The standard InChI is InChI=1S/C14H17N3O3/c1-3-10(8-18)16-14-6-9(2)15-13-5-4-11(17(19)20)7-12(13)14/h4-7,10,18H,3,8H2,1-2H3,(H,15,16). The molecule has 0 bridgehead atoms. The van der Waals surface area contributed by atoms with Gasteiger partial charge in [0.2, 0.25) is 0 Å². The maximum absolute atomic E-state index is 10.9. The van der Waals surface area contributed by atoms with E-state index in [4.69, 9.17) is 0 Å². The number of aliphatic hydroxyl groups excluding tert-OH is 1. The largest absolute Gasteiger partial charge is 0.394 e. The van der Waals surface area contributed by atoms with Gasteiger partial charge in [0, 0.05) is 34.9 Å². The van der Waals surface area contributed by atoms with Gasteiger partial charge in [0.05, 0.1) is 17.0 Å². The smallest absolute Gasteiger partial charge is 0.270 e. The van der Waals surface area contributed by atoms with Crippen LogP contribution in [0.2, 0.25) is 0 Å². The van der Waals surface area contributed by atoms with E-state index < -0.39 is 4.92 Å². The van der Waals surface area contributed by atoms with Crippen LogP contribution in [0.5, 0.6) is 0 Å². The summed E-state index contributed by atoms with van der Waals surface area (Å²) in [6.45, 7) is 3.84. The average molecular weight is 275 g/mol. The van der Waals surface area contributed by atoms with Gasteiger partial charge in [0.15, 0.2) is 0 Å². The molecule has 0 aliphatic carbocycles. The molecule has 1 heterocycles. The Morgan fingerprint density at radius 2 is 2.20 bits per heavy atom. The van der Waals surface area contributed by atoms with Gasteiger partial charge in [0.25, 0.3) is 5.69 Å². The number of hydrogen-bond donors (Lipinski definition) is 2. The minimum atomic E-state index is -0.424. The highest BCUT2D eigenvalue weighted by atomic mass is 16.6. The van der Waals surface area contributed by atoms with E-state index in [0.717, 1.165) is 17.8 Å². The van der Waals surface area contributed by atoms with E-state index in [-0.39, 0.29) is 18.3 Å². The summed E-state index contributed by atoms with van der Waals surface area (Å²) in [7, 11) is 0. The first kappa shape index (κ1) is 14.2. The number of rotatable bonds is 5. The van der Waals surface area contributed by atoms with Crippen molar-refractivity contribution in [3.8, 4) is 0 Å². The van der Waals surface area contributed by atoms with Crippen LogP contribution in [0.1, 0.15) is 19.0 Å². The molecule has 0 saturated heterocycles. The highest BCUT2D eigenvalue weighted by molar-refractivity contribution is 5.93. The molecule has 0 spiro atoms. The molecular formula is C14H17N3O3. The van der Waals surface area contributed by atoms with Gasteiger partial charge in [-0.1, -0.05) is 6.92 Å². The number of non-ortho nitro benzene ring substituents is 1. The molecule has 0 radical (unpaired) electrons. The Hall–Kier alpha value is -2.21. The van der Waals surface area contributed by atoms with Gasteiger partial charge in [-0.15, -0.1) is 0 Å². The predicted molar refractivity (Wildman–Crippen MR) is 77.9 cm³/mol. The van der Waals surface area contributed by atoms with Gasteiger partial charge in [-0.25, -0.2) is 0 Å². The fourth-order valence-corrected chi connectivity index (χ4v) is 2.08. The summed E-state index contributed by atoms with van der Waals surface area (Å²) in [6.07, 6.45) is 0.758.